The van der Waals surface area contributed by atoms with Crippen LogP contribution in [0, 0.1) is 0 Å². The molecule has 3 aromatic rings. The first-order valence-electron chi connectivity index (χ1n) is 6.99. The Kier molecular flexibility index (Phi) is 3.38. The second-order valence-electron chi connectivity index (χ2n) is 4.98. The third kappa shape index (κ3) is 2.25. The Morgan fingerprint density at radius 3 is 2.40 bits per heavy atom. The quantitative estimate of drug-likeness (QED) is 0.707. The summed E-state index contributed by atoms with van der Waals surface area (Å²) in [6, 6.07) is 18.4. The molecule has 0 unspecified atom stereocenters. The summed E-state index contributed by atoms with van der Waals surface area (Å²) in [5.41, 5.74) is 0.752. The van der Waals surface area contributed by atoms with Crippen molar-refractivity contribution in [2.75, 3.05) is 6.54 Å². The highest BCUT2D eigenvalue weighted by Crippen LogP contribution is 2.25. The summed E-state index contributed by atoms with van der Waals surface area (Å²) in [6.45, 7) is 2.76. The highest BCUT2D eigenvalue weighted by atomic mass is 16.1. The van der Waals surface area contributed by atoms with Gasteiger partial charge in [0.25, 0.3) is 5.91 Å². The standard InChI is InChI=1S/C18H17NO/c1-2-10-19-18(20)16-9-5-8-15-11-13-6-3-4-7-14(13)12-17(15)16/h3-9,11-12H,2,10H2,1H3,(H,19,20). The monoisotopic (exact) mass is 263 g/mol. The molecule has 0 heterocycles. The molecule has 1 amide bonds. The van der Waals surface area contributed by atoms with Gasteiger partial charge in [0.2, 0.25) is 0 Å². The van der Waals surface area contributed by atoms with E-state index < -0.39 is 0 Å². The lowest BCUT2D eigenvalue weighted by Gasteiger charge is -2.08. The van der Waals surface area contributed by atoms with Crippen molar-refractivity contribution in [2.45, 2.75) is 13.3 Å². The third-order valence-corrected chi connectivity index (χ3v) is 3.53. The van der Waals surface area contributed by atoms with Crippen LogP contribution in [0.25, 0.3) is 21.5 Å². The molecule has 0 aliphatic rings. The molecule has 3 rings (SSSR count). The van der Waals surface area contributed by atoms with Gasteiger partial charge in [-0.3, -0.25) is 4.79 Å². The summed E-state index contributed by atoms with van der Waals surface area (Å²) in [4.78, 5) is 12.2. The number of hydrogen-bond acceptors (Lipinski definition) is 1. The number of rotatable bonds is 3. The van der Waals surface area contributed by atoms with Crippen molar-refractivity contribution in [1.29, 1.82) is 0 Å². The largest absolute Gasteiger partial charge is 0.352 e. The Bertz CT molecular complexity index is 777. The minimum atomic E-state index is 0.00716. The average molecular weight is 263 g/mol. The first-order chi connectivity index (χ1) is 9.79. The number of fused-ring (bicyclic) bond motifs is 2. The van der Waals surface area contributed by atoms with E-state index >= 15 is 0 Å². The van der Waals surface area contributed by atoms with Crippen molar-refractivity contribution in [3.8, 4) is 0 Å². The van der Waals surface area contributed by atoms with Crippen molar-refractivity contribution in [3.05, 3.63) is 60.2 Å². The molecule has 0 aromatic heterocycles. The molecule has 0 saturated carbocycles. The van der Waals surface area contributed by atoms with Gasteiger partial charge in [0.1, 0.15) is 0 Å². The van der Waals surface area contributed by atoms with Crippen LogP contribution in [0.3, 0.4) is 0 Å². The molecule has 0 radical (unpaired) electrons. The maximum atomic E-state index is 12.2. The molecule has 1 N–H and O–H groups in total. The molecular weight excluding hydrogens is 246 g/mol. The van der Waals surface area contributed by atoms with Crippen molar-refractivity contribution < 1.29 is 4.79 Å². The fraction of sp³-hybridized carbons (Fsp3) is 0.167. The lowest BCUT2D eigenvalue weighted by molar-refractivity contribution is 0.0955. The molecule has 0 fully saturated rings. The Hall–Kier alpha value is -2.35. The normalized spacial score (nSPS) is 10.8. The molecule has 0 atom stereocenters. The lowest BCUT2D eigenvalue weighted by atomic mass is 9.99. The van der Waals surface area contributed by atoms with Crippen LogP contribution in [0.1, 0.15) is 23.7 Å². The molecule has 100 valence electrons. The van der Waals surface area contributed by atoms with E-state index in [1.165, 1.54) is 5.39 Å². The minimum absolute atomic E-state index is 0.00716. The van der Waals surface area contributed by atoms with Gasteiger partial charge in [0.05, 0.1) is 0 Å². The zero-order valence-electron chi connectivity index (χ0n) is 11.5. The van der Waals surface area contributed by atoms with Gasteiger partial charge in [0, 0.05) is 12.1 Å². The highest BCUT2D eigenvalue weighted by molar-refractivity contribution is 6.10. The summed E-state index contributed by atoms with van der Waals surface area (Å²) in [6.07, 6.45) is 0.944. The smallest absolute Gasteiger partial charge is 0.251 e. The number of amides is 1. The van der Waals surface area contributed by atoms with Crippen LogP contribution in [0.5, 0.6) is 0 Å². The second kappa shape index (κ2) is 5.33. The van der Waals surface area contributed by atoms with Crippen LogP contribution in [0.4, 0.5) is 0 Å². The Balaban J connectivity index is 2.17. The predicted octanol–water partition coefficient (Wildman–Crippen LogP) is 4.13. The fourth-order valence-corrected chi connectivity index (χ4v) is 2.50. The van der Waals surface area contributed by atoms with Crippen molar-refractivity contribution in [3.63, 3.8) is 0 Å². The first kappa shape index (κ1) is 12.7. The zero-order valence-corrected chi connectivity index (χ0v) is 11.5. The van der Waals surface area contributed by atoms with Gasteiger partial charge in [-0.15, -0.1) is 0 Å². The SMILES string of the molecule is CCCNC(=O)c1cccc2cc3ccccc3cc12. The first-order valence-corrected chi connectivity index (χ1v) is 6.99. The van der Waals surface area contributed by atoms with Crippen LogP contribution in [-0.2, 0) is 0 Å². The molecule has 2 nitrogen and oxygen atoms in total. The molecule has 3 aromatic carbocycles. The maximum absolute atomic E-state index is 12.2. The van der Waals surface area contributed by atoms with E-state index in [2.05, 4.69) is 42.6 Å². The summed E-state index contributed by atoms with van der Waals surface area (Å²) >= 11 is 0. The van der Waals surface area contributed by atoms with E-state index in [9.17, 15) is 4.79 Å². The second-order valence-corrected chi connectivity index (χ2v) is 4.98. The van der Waals surface area contributed by atoms with E-state index in [-0.39, 0.29) is 5.91 Å². The van der Waals surface area contributed by atoms with Crippen LogP contribution < -0.4 is 5.32 Å². The van der Waals surface area contributed by atoms with E-state index in [4.69, 9.17) is 0 Å². The molecule has 0 spiro atoms. The molecule has 20 heavy (non-hydrogen) atoms. The fourth-order valence-electron chi connectivity index (χ4n) is 2.50. The molecular formula is C18H17NO. The third-order valence-electron chi connectivity index (χ3n) is 3.53. The van der Waals surface area contributed by atoms with Crippen molar-refractivity contribution >= 4 is 27.5 Å². The van der Waals surface area contributed by atoms with Crippen LogP contribution in [-0.4, -0.2) is 12.5 Å². The van der Waals surface area contributed by atoms with Gasteiger partial charge in [-0.05, 0) is 46.2 Å². The minimum Gasteiger partial charge on any atom is -0.352 e. The van der Waals surface area contributed by atoms with Gasteiger partial charge in [-0.1, -0.05) is 43.3 Å². The van der Waals surface area contributed by atoms with Crippen LogP contribution >= 0.6 is 0 Å². The van der Waals surface area contributed by atoms with E-state index in [0.717, 1.165) is 28.1 Å². The Morgan fingerprint density at radius 2 is 1.65 bits per heavy atom. The maximum Gasteiger partial charge on any atom is 0.251 e. The summed E-state index contributed by atoms with van der Waals surface area (Å²) in [5, 5.41) is 7.43. The number of hydrogen-bond donors (Lipinski definition) is 1. The topological polar surface area (TPSA) is 29.1 Å². The van der Waals surface area contributed by atoms with Crippen molar-refractivity contribution in [1.82, 2.24) is 5.32 Å². The summed E-state index contributed by atoms with van der Waals surface area (Å²) in [7, 11) is 0. The molecule has 2 heteroatoms. The molecule has 0 aliphatic heterocycles. The van der Waals surface area contributed by atoms with Gasteiger partial charge in [-0.2, -0.15) is 0 Å². The Morgan fingerprint density at radius 1 is 0.950 bits per heavy atom. The molecule has 0 bridgehead atoms. The van der Waals surface area contributed by atoms with E-state index in [0.29, 0.717) is 6.54 Å². The predicted molar refractivity (Wildman–Crippen MR) is 84.1 cm³/mol. The van der Waals surface area contributed by atoms with Crippen molar-refractivity contribution in [2.24, 2.45) is 0 Å². The molecule has 0 saturated heterocycles. The van der Waals surface area contributed by atoms with Crippen LogP contribution in [0.15, 0.2) is 54.6 Å². The van der Waals surface area contributed by atoms with Gasteiger partial charge < -0.3 is 5.32 Å². The molecule has 0 aliphatic carbocycles. The van der Waals surface area contributed by atoms with Gasteiger partial charge >= 0.3 is 0 Å². The summed E-state index contributed by atoms with van der Waals surface area (Å²) < 4.78 is 0. The number of carbonyl (C=O) groups is 1. The van der Waals surface area contributed by atoms with Gasteiger partial charge in [0.15, 0.2) is 0 Å². The number of benzene rings is 3. The van der Waals surface area contributed by atoms with E-state index in [1.807, 2.05) is 24.3 Å². The Labute approximate surface area is 118 Å². The average Bonchev–Trinajstić information content (AvgIpc) is 2.50. The zero-order chi connectivity index (χ0) is 13.9. The van der Waals surface area contributed by atoms with Crippen LogP contribution in [0.2, 0.25) is 0 Å². The lowest BCUT2D eigenvalue weighted by Crippen LogP contribution is -2.24. The van der Waals surface area contributed by atoms with E-state index in [1.54, 1.807) is 0 Å². The van der Waals surface area contributed by atoms with Gasteiger partial charge in [-0.25, -0.2) is 0 Å². The highest BCUT2D eigenvalue weighted by Gasteiger charge is 2.09. The number of carbonyl (C=O) groups excluding carboxylic acids is 1. The number of nitrogens with one attached hydrogen (secondary N) is 1. The summed E-state index contributed by atoms with van der Waals surface area (Å²) in [5.74, 6) is 0.00716.